The van der Waals surface area contributed by atoms with Crippen LogP contribution in [0.15, 0.2) is 24.3 Å². The summed E-state index contributed by atoms with van der Waals surface area (Å²) in [7, 11) is 0. The maximum Gasteiger partial charge on any atom is 0.269 e. The molecule has 19 heavy (non-hydrogen) atoms. The molecule has 1 rings (SSSR count). The maximum absolute atomic E-state index is 10.8. The molecule has 0 bridgehead atoms. The molecule has 0 radical (unpaired) electrons. The molecule has 0 amide bonds. The fourth-order valence-corrected chi connectivity index (χ4v) is 1.70. The number of halogens is 2. The summed E-state index contributed by atoms with van der Waals surface area (Å²) in [4.78, 5) is 31.3. The molecule has 0 aromatic heterocycles. The Morgan fingerprint density at radius 3 is 2.26 bits per heavy atom. The Bertz CT molecular complexity index is 434. The van der Waals surface area contributed by atoms with Gasteiger partial charge >= 0.3 is 0 Å². The maximum atomic E-state index is 10.8. The number of nitro benzene ring substituents is 1. The van der Waals surface area contributed by atoms with Gasteiger partial charge in [0.2, 0.25) is 5.24 Å². The smallest absolute Gasteiger partial charge is 0.269 e. The number of hydrogen-bond acceptors (Lipinski definition) is 4. The van der Waals surface area contributed by atoms with E-state index in [1.807, 2.05) is 0 Å². The summed E-state index contributed by atoms with van der Waals surface area (Å²) >= 11 is 9.92. The highest BCUT2D eigenvalue weighted by atomic mass is 35.5. The normalized spacial score (nSPS) is 10.9. The highest BCUT2D eigenvalue weighted by Crippen LogP contribution is 2.25. The van der Waals surface area contributed by atoms with E-state index in [4.69, 9.17) is 11.6 Å². The van der Waals surface area contributed by atoms with E-state index in [1.165, 1.54) is 30.6 Å². The van der Waals surface area contributed by atoms with E-state index in [9.17, 15) is 19.7 Å². The molecule has 104 valence electrons. The second kappa shape index (κ2) is 9.47. The largest absolute Gasteiger partial charge is 0.303 e. The third-order valence-corrected chi connectivity index (χ3v) is 2.52. The molecule has 0 saturated carbocycles. The van der Waals surface area contributed by atoms with Crippen molar-refractivity contribution in [2.75, 3.05) is 6.38 Å². The predicted molar refractivity (Wildman–Crippen MR) is 73.8 cm³/mol. The van der Waals surface area contributed by atoms with Crippen LogP contribution in [0.2, 0.25) is 0 Å². The average Bonchev–Trinajstić information content (AvgIpc) is 2.40. The summed E-state index contributed by atoms with van der Waals surface area (Å²) in [6.07, 6.45) is 2.38. The lowest BCUT2D eigenvalue weighted by Crippen LogP contribution is -2.04. The zero-order chi connectivity index (χ0) is 14.8. The van der Waals surface area contributed by atoms with Crippen LogP contribution in [-0.2, 0) is 9.59 Å². The number of nitrogens with zero attached hydrogens (tertiary/aromatic N) is 1. The lowest BCUT2D eigenvalue weighted by molar-refractivity contribution is -0.384. The van der Waals surface area contributed by atoms with E-state index in [1.54, 1.807) is 0 Å². The third-order valence-electron chi connectivity index (χ3n) is 2.36. The minimum atomic E-state index is -0.532. The van der Waals surface area contributed by atoms with Crippen molar-refractivity contribution in [1.82, 2.24) is 0 Å². The molecular formula is C12H13Cl2NO4. The lowest BCUT2D eigenvalue weighted by atomic mass is 9.93. The number of hydrogen-bond donors (Lipinski definition) is 0. The van der Waals surface area contributed by atoms with Crippen LogP contribution in [0.5, 0.6) is 0 Å². The molecule has 1 atom stereocenters. The lowest BCUT2D eigenvalue weighted by Gasteiger charge is -2.11. The number of carbonyl (C=O) groups excluding carboxylic acids is 2. The van der Waals surface area contributed by atoms with Crippen molar-refractivity contribution in [3.05, 3.63) is 39.9 Å². The molecular weight excluding hydrogens is 293 g/mol. The first-order valence-electron chi connectivity index (χ1n) is 5.28. The van der Waals surface area contributed by atoms with Gasteiger partial charge in [-0.25, -0.2) is 0 Å². The van der Waals surface area contributed by atoms with Crippen LogP contribution >= 0.6 is 23.2 Å². The van der Waals surface area contributed by atoms with Crippen molar-refractivity contribution in [2.45, 2.75) is 18.8 Å². The molecule has 0 saturated heterocycles. The van der Waals surface area contributed by atoms with Crippen molar-refractivity contribution in [1.29, 1.82) is 0 Å². The highest BCUT2D eigenvalue weighted by molar-refractivity contribution is 6.63. The number of aldehydes is 1. The van der Waals surface area contributed by atoms with Crippen molar-refractivity contribution in [2.24, 2.45) is 0 Å². The first-order chi connectivity index (χ1) is 9.04. The molecule has 5 nitrogen and oxygen atoms in total. The van der Waals surface area contributed by atoms with Crippen LogP contribution in [-0.4, -0.2) is 22.8 Å². The number of benzene rings is 1. The highest BCUT2D eigenvalue weighted by Gasteiger charge is 2.15. The Morgan fingerprint density at radius 2 is 1.89 bits per heavy atom. The summed E-state index contributed by atoms with van der Waals surface area (Å²) in [6.45, 7) is 0. The Kier molecular flexibility index (Phi) is 8.74. The van der Waals surface area contributed by atoms with Crippen LogP contribution in [0.1, 0.15) is 24.3 Å². The second-order valence-electron chi connectivity index (χ2n) is 3.51. The Balaban J connectivity index is 0.00000154. The SMILES string of the molecule is CCl.O=CCC(CC(=O)Cl)c1ccc([N+](=O)[O-])cc1. The number of alkyl halides is 1. The van der Waals surface area contributed by atoms with E-state index in [0.717, 1.165) is 0 Å². The first-order valence-corrected chi connectivity index (χ1v) is 6.42. The van der Waals surface area contributed by atoms with E-state index in [2.05, 4.69) is 11.6 Å². The molecule has 0 heterocycles. The topological polar surface area (TPSA) is 77.3 Å². The van der Waals surface area contributed by atoms with E-state index >= 15 is 0 Å². The van der Waals surface area contributed by atoms with Crippen LogP contribution in [0.4, 0.5) is 5.69 Å². The van der Waals surface area contributed by atoms with Crippen LogP contribution in [0, 0.1) is 10.1 Å². The van der Waals surface area contributed by atoms with Crippen LogP contribution in [0.25, 0.3) is 0 Å². The van der Waals surface area contributed by atoms with Crippen molar-refractivity contribution >= 4 is 40.4 Å². The van der Waals surface area contributed by atoms with Gasteiger partial charge in [0.15, 0.2) is 0 Å². The van der Waals surface area contributed by atoms with E-state index in [0.29, 0.717) is 11.8 Å². The average molecular weight is 306 g/mol. The second-order valence-corrected chi connectivity index (χ2v) is 3.93. The minimum Gasteiger partial charge on any atom is -0.303 e. The fourth-order valence-electron chi connectivity index (χ4n) is 1.52. The Labute approximate surface area is 120 Å². The minimum absolute atomic E-state index is 0.0317. The van der Waals surface area contributed by atoms with Gasteiger partial charge in [-0.15, -0.1) is 11.6 Å². The van der Waals surface area contributed by atoms with Gasteiger partial charge in [-0.2, -0.15) is 0 Å². The van der Waals surface area contributed by atoms with Crippen molar-refractivity contribution in [3.63, 3.8) is 0 Å². The summed E-state index contributed by atoms with van der Waals surface area (Å²) in [5, 5.41) is 9.93. The van der Waals surface area contributed by atoms with Crippen LogP contribution < -0.4 is 0 Å². The van der Waals surface area contributed by atoms with E-state index in [-0.39, 0.29) is 24.4 Å². The molecule has 0 fully saturated rings. The van der Waals surface area contributed by atoms with Gasteiger partial charge in [0.25, 0.3) is 5.69 Å². The summed E-state index contributed by atoms with van der Waals surface area (Å²) in [5.74, 6) is -0.321. The summed E-state index contributed by atoms with van der Waals surface area (Å²) in [6, 6.07) is 5.75. The van der Waals surface area contributed by atoms with Gasteiger partial charge < -0.3 is 4.79 Å². The fraction of sp³-hybridized carbons (Fsp3) is 0.333. The van der Waals surface area contributed by atoms with Gasteiger partial charge in [-0.05, 0) is 23.1 Å². The molecule has 1 unspecified atom stereocenters. The Morgan fingerprint density at radius 1 is 1.37 bits per heavy atom. The van der Waals surface area contributed by atoms with Gasteiger partial charge in [0, 0.05) is 31.4 Å². The molecule has 0 aliphatic carbocycles. The molecule has 0 aliphatic rings. The molecule has 0 aliphatic heterocycles. The zero-order valence-corrected chi connectivity index (χ0v) is 11.7. The predicted octanol–water partition coefficient (Wildman–Crippen LogP) is 3.28. The van der Waals surface area contributed by atoms with Gasteiger partial charge in [-0.1, -0.05) is 12.1 Å². The van der Waals surface area contributed by atoms with Gasteiger partial charge in [0.1, 0.15) is 6.29 Å². The number of rotatable bonds is 6. The first kappa shape index (κ1) is 17.5. The van der Waals surface area contributed by atoms with Crippen molar-refractivity contribution < 1.29 is 14.5 Å². The molecule has 7 heteroatoms. The number of nitro groups is 1. The molecule has 0 N–H and O–H groups in total. The van der Waals surface area contributed by atoms with Crippen LogP contribution in [0.3, 0.4) is 0 Å². The van der Waals surface area contributed by atoms with Gasteiger partial charge in [0.05, 0.1) is 4.92 Å². The van der Waals surface area contributed by atoms with Gasteiger partial charge in [-0.3, -0.25) is 14.9 Å². The third kappa shape index (κ3) is 6.31. The molecule has 1 aromatic carbocycles. The molecule has 1 aromatic rings. The summed E-state index contributed by atoms with van der Waals surface area (Å²) < 4.78 is 0. The Hall–Kier alpha value is -1.46. The summed E-state index contributed by atoms with van der Waals surface area (Å²) in [5.41, 5.74) is 0.660. The number of carbonyl (C=O) groups is 2. The zero-order valence-electron chi connectivity index (χ0n) is 10.2. The molecule has 0 spiro atoms. The quantitative estimate of drug-likeness (QED) is 0.266. The van der Waals surface area contributed by atoms with E-state index < -0.39 is 10.2 Å². The standard InChI is InChI=1S/C11H10ClNO4.CH3Cl/c12-11(15)7-9(5-6-14)8-1-3-10(4-2-8)13(16)17;1-2/h1-4,6,9H,5,7H2;1H3. The van der Waals surface area contributed by atoms with Crippen molar-refractivity contribution in [3.8, 4) is 0 Å². The monoisotopic (exact) mass is 305 g/mol. The number of non-ortho nitro benzene ring substituents is 1.